The van der Waals surface area contributed by atoms with Gasteiger partial charge >= 0.3 is 0 Å². The summed E-state index contributed by atoms with van der Waals surface area (Å²) < 4.78 is 12.6. The van der Waals surface area contributed by atoms with Gasteiger partial charge in [0.15, 0.2) is 0 Å². The van der Waals surface area contributed by atoms with Crippen LogP contribution in [-0.2, 0) is 15.3 Å². The van der Waals surface area contributed by atoms with Gasteiger partial charge in [0.2, 0.25) is 5.79 Å². The van der Waals surface area contributed by atoms with Gasteiger partial charge in [-0.3, -0.25) is 0 Å². The van der Waals surface area contributed by atoms with Crippen molar-refractivity contribution in [2.24, 2.45) is 0 Å². The number of ether oxygens (including phenoxy) is 2. The third-order valence-corrected chi connectivity index (χ3v) is 4.70. The molecule has 0 radical (unpaired) electrons. The first-order valence-electron chi connectivity index (χ1n) is 6.44. The van der Waals surface area contributed by atoms with E-state index in [-0.39, 0.29) is 0 Å². The molecular weight excluding hydrogens is 384 g/mol. The summed E-state index contributed by atoms with van der Waals surface area (Å²) in [7, 11) is 0. The molecule has 4 heteroatoms. The minimum atomic E-state index is -0.627. The van der Waals surface area contributed by atoms with Crippen LogP contribution in [0.25, 0.3) is 11.1 Å². The lowest BCUT2D eigenvalue weighted by Gasteiger charge is -2.25. The second-order valence-electron chi connectivity index (χ2n) is 4.67. The van der Waals surface area contributed by atoms with Crippen LogP contribution in [0.3, 0.4) is 0 Å². The lowest BCUT2D eigenvalue weighted by Crippen LogP contribution is -2.28. The van der Waals surface area contributed by atoms with Gasteiger partial charge in [-0.15, -0.1) is 0 Å². The second-order valence-corrected chi connectivity index (χ2v) is 6.14. The molecule has 0 aliphatic carbocycles. The highest BCUT2D eigenvalue weighted by atomic mass is 79.9. The zero-order valence-electron chi connectivity index (χ0n) is 10.8. The highest BCUT2D eigenvalue weighted by Crippen LogP contribution is 2.34. The molecule has 3 rings (SSSR count). The van der Waals surface area contributed by atoms with E-state index in [9.17, 15) is 0 Å². The van der Waals surface area contributed by atoms with Crippen LogP contribution >= 0.6 is 31.9 Å². The van der Waals surface area contributed by atoms with Gasteiger partial charge in [-0.05, 0) is 23.3 Å². The average molecular weight is 398 g/mol. The van der Waals surface area contributed by atoms with Crippen molar-refractivity contribution in [3.05, 3.63) is 58.6 Å². The van der Waals surface area contributed by atoms with E-state index in [4.69, 9.17) is 9.47 Å². The Bertz CT molecular complexity index is 572. The van der Waals surface area contributed by atoms with Crippen LogP contribution in [0.5, 0.6) is 0 Å². The van der Waals surface area contributed by atoms with E-state index < -0.39 is 5.79 Å². The predicted molar refractivity (Wildman–Crippen MR) is 87.0 cm³/mol. The summed E-state index contributed by atoms with van der Waals surface area (Å²) in [5.74, 6) is -0.627. The van der Waals surface area contributed by atoms with E-state index in [1.807, 2.05) is 12.1 Å². The first-order chi connectivity index (χ1) is 9.73. The molecule has 0 unspecified atom stereocenters. The molecule has 2 aromatic carbocycles. The normalized spacial score (nSPS) is 17.3. The number of hydrogen-bond donors (Lipinski definition) is 0. The number of hydrogen-bond acceptors (Lipinski definition) is 2. The molecule has 0 spiro atoms. The monoisotopic (exact) mass is 396 g/mol. The van der Waals surface area contributed by atoms with E-state index in [1.54, 1.807) is 0 Å². The standard InChI is InChI=1S/C16H14Br2O2/c17-11-16(19-9-10-20-16)14-5-1-12(2-6-14)13-3-7-15(18)8-4-13/h1-8H,9-11H2. The van der Waals surface area contributed by atoms with Crippen molar-refractivity contribution in [2.45, 2.75) is 5.79 Å². The molecule has 2 nitrogen and oxygen atoms in total. The molecule has 0 bridgehead atoms. The second kappa shape index (κ2) is 5.98. The maximum absolute atomic E-state index is 5.76. The topological polar surface area (TPSA) is 18.5 Å². The Kier molecular flexibility index (Phi) is 4.26. The largest absolute Gasteiger partial charge is 0.343 e. The van der Waals surface area contributed by atoms with Crippen molar-refractivity contribution in [3.63, 3.8) is 0 Å². The summed E-state index contributed by atoms with van der Waals surface area (Å²) in [4.78, 5) is 0. The van der Waals surface area contributed by atoms with Crippen LogP contribution in [-0.4, -0.2) is 18.5 Å². The summed E-state index contributed by atoms with van der Waals surface area (Å²) in [6.07, 6.45) is 0. The molecule has 1 aliphatic rings. The molecule has 1 fully saturated rings. The summed E-state index contributed by atoms with van der Waals surface area (Å²) in [6, 6.07) is 16.7. The SMILES string of the molecule is BrCC1(c2ccc(-c3ccc(Br)cc3)cc2)OCCO1. The Morgan fingerprint density at radius 2 is 1.35 bits per heavy atom. The third-order valence-electron chi connectivity index (χ3n) is 3.43. The van der Waals surface area contributed by atoms with Crippen molar-refractivity contribution >= 4 is 31.9 Å². The molecule has 0 amide bonds. The smallest absolute Gasteiger partial charge is 0.204 e. The maximum atomic E-state index is 5.76. The highest BCUT2D eigenvalue weighted by molar-refractivity contribution is 9.10. The third kappa shape index (κ3) is 2.70. The molecule has 104 valence electrons. The van der Waals surface area contributed by atoms with Gasteiger partial charge in [0.25, 0.3) is 0 Å². The van der Waals surface area contributed by atoms with Gasteiger partial charge in [0.05, 0.1) is 18.5 Å². The van der Waals surface area contributed by atoms with E-state index in [1.165, 1.54) is 11.1 Å². The zero-order chi connectivity index (χ0) is 14.0. The molecule has 1 aliphatic heterocycles. The van der Waals surface area contributed by atoms with Gasteiger partial charge in [-0.1, -0.05) is 68.3 Å². The first kappa shape index (κ1) is 14.3. The highest BCUT2D eigenvalue weighted by Gasteiger charge is 2.37. The number of alkyl halides is 1. The van der Waals surface area contributed by atoms with Crippen LogP contribution in [0.15, 0.2) is 53.0 Å². The molecule has 0 atom stereocenters. The summed E-state index contributed by atoms with van der Waals surface area (Å²) >= 11 is 6.94. The van der Waals surface area contributed by atoms with Gasteiger partial charge in [0, 0.05) is 10.0 Å². The Morgan fingerprint density at radius 1 is 0.850 bits per heavy atom. The quantitative estimate of drug-likeness (QED) is 0.698. The van der Waals surface area contributed by atoms with Gasteiger partial charge in [-0.2, -0.15) is 0 Å². The van der Waals surface area contributed by atoms with Crippen molar-refractivity contribution in [2.75, 3.05) is 18.5 Å². The van der Waals surface area contributed by atoms with Crippen molar-refractivity contribution in [3.8, 4) is 11.1 Å². The van der Waals surface area contributed by atoms with E-state index in [0.717, 1.165) is 10.0 Å². The first-order valence-corrected chi connectivity index (χ1v) is 8.35. The molecule has 2 aromatic rings. The van der Waals surface area contributed by atoms with E-state index in [2.05, 4.69) is 68.3 Å². The number of benzene rings is 2. The minimum absolute atomic E-state index is 0.627. The van der Waals surface area contributed by atoms with Crippen LogP contribution in [0, 0.1) is 0 Å². The van der Waals surface area contributed by atoms with Gasteiger partial charge in [-0.25, -0.2) is 0 Å². The zero-order valence-corrected chi connectivity index (χ0v) is 14.0. The molecule has 0 N–H and O–H groups in total. The Balaban J connectivity index is 1.89. The Morgan fingerprint density at radius 3 is 1.85 bits per heavy atom. The fourth-order valence-electron chi connectivity index (χ4n) is 2.33. The maximum Gasteiger partial charge on any atom is 0.204 e. The molecular formula is C16H14Br2O2. The van der Waals surface area contributed by atoms with E-state index >= 15 is 0 Å². The molecule has 1 saturated heterocycles. The van der Waals surface area contributed by atoms with Crippen LogP contribution in [0.2, 0.25) is 0 Å². The molecule has 0 saturated carbocycles. The van der Waals surface area contributed by atoms with Crippen molar-refractivity contribution in [1.82, 2.24) is 0 Å². The molecule has 0 aromatic heterocycles. The van der Waals surface area contributed by atoms with E-state index in [0.29, 0.717) is 18.5 Å². The minimum Gasteiger partial charge on any atom is -0.343 e. The van der Waals surface area contributed by atoms with Crippen molar-refractivity contribution in [1.29, 1.82) is 0 Å². The summed E-state index contributed by atoms with van der Waals surface area (Å²) in [5, 5.41) is 0.637. The Labute approximate surface area is 135 Å². The summed E-state index contributed by atoms with van der Waals surface area (Å²) in [5.41, 5.74) is 3.43. The fourth-order valence-corrected chi connectivity index (χ4v) is 3.25. The molecule has 1 heterocycles. The fraction of sp³-hybridized carbons (Fsp3) is 0.250. The number of halogens is 2. The van der Waals surface area contributed by atoms with Crippen molar-refractivity contribution < 1.29 is 9.47 Å². The van der Waals surface area contributed by atoms with Crippen LogP contribution < -0.4 is 0 Å². The Hall–Kier alpha value is -0.680. The summed E-state index contributed by atoms with van der Waals surface area (Å²) in [6.45, 7) is 1.28. The van der Waals surface area contributed by atoms with Gasteiger partial charge in [0.1, 0.15) is 0 Å². The van der Waals surface area contributed by atoms with Crippen LogP contribution in [0.4, 0.5) is 0 Å². The lowest BCUT2D eigenvalue weighted by molar-refractivity contribution is -0.144. The number of rotatable bonds is 3. The van der Waals surface area contributed by atoms with Gasteiger partial charge < -0.3 is 9.47 Å². The predicted octanol–water partition coefficient (Wildman–Crippen LogP) is 4.71. The lowest BCUT2D eigenvalue weighted by atomic mass is 10.0. The van der Waals surface area contributed by atoms with Crippen LogP contribution in [0.1, 0.15) is 5.56 Å². The molecule has 20 heavy (non-hydrogen) atoms. The average Bonchev–Trinajstić information content (AvgIpc) is 2.98.